The van der Waals surface area contributed by atoms with Gasteiger partial charge >= 0.3 is 5.97 Å². The molecule has 0 bridgehead atoms. The zero-order valence-electron chi connectivity index (χ0n) is 15.1. The first-order valence-corrected chi connectivity index (χ1v) is 9.03. The molecule has 0 spiro atoms. The second kappa shape index (κ2) is 9.60. The van der Waals surface area contributed by atoms with E-state index in [1.54, 1.807) is 12.1 Å². The second-order valence-electron chi connectivity index (χ2n) is 5.90. The predicted molar refractivity (Wildman–Crippen MR) is 108 cm³/mol. The largest absolute Gasteiger partial charge is 0.480 e. The van der Waals surface area contributed by atoms with Crippen LogP contribution in [0.5, 0.6) is 0 Å². The smallest absolute Gasteiger partial charge is 0.325 e. The van der Waals surface area contributed by atoms with Crippen LogP contribution in [0.3, 0.4) is 0 Å². The van der Waals surface area contributed by atoms with Gasteiger partial charge in [0.15, 0.2) is 0 Å². The Bertz CT molecular complexity index is 988. The first-order chi connectivity index (χ1) is 13.7. The third-order valence-electron chi connectivity index (χ3n) is 3.71. The second-order valence-corrected chi connectivity index (χ2v) is 6.82. The first-order valence-electron chi connectivity index (χ1n) is 8.24. The van der Waals surface area contributed by atoms with Crippen LogP contribution in [0, 0.1) is 10.1 Å². The summed E-state index contributed by atoms with van der Waals surface area (Å²) in [5.41, 5.74) is 0.0869. The van der Waals surface area contributed by atoms with Crippen LogP contribution in [-0.2, 0) is 9.59 Å². The van der Waals surface area contributed by atoms with Crippen LogP contribution in [0.4, 0.5) is 5.69 Å². The predicted octanol–water partition coefficient (Wildman–Crippen LogP) is 2.72. The van der Waals surface area contributed by atoms with Crippen LogP contribution in [0.15, 0.2) is 58.7 Å². The standard InChI is InChI=1S/C19H16BrN3O6/c1-11(19(26)27)21-18(25)16(10-12-3-2-4-15(9-12)23(28)29)22-17(24)13-5-7-14(20)8-6-13/h2-11H,1H3,(H,21,25)(H,22,24)(H,26,27)/b16-10-/t11-/m1/s1. The van der Waals surface area contributed by atoms with E-state index in [4.69, 9.17) is 5.11 Å². The number of rotatable bonds is 7. The minimum absolute atomic E-state index is 0.198. The fraction of sp³-hybridized carbons (Fsp3) is 0.105. The van der Waals surface area contributed by atoms with Crippen LogP contribution >= 0.6 is 15.9 Å². The molecule has 2 rings (SSSR count). The number of carbonyl (C=O) groups is 3. The summed E-state index contributed by atoms with van der Waals surface area (Å²) in [5.74, 6) is -2.71. The van der Waals surface area contributed by atoms with Crippen molar-refractivity contribution in [1.29, 1.82) is 0 Å². The summed E-state index contributed by atoms with van der Waals surface area (Å²) < 4.78 is 0.759. The van der Waals surface area contributed by atoms with Crippen molar-refractivity contribution in [2.45, 2.75) is 13.0 Å². The third-order valence-corrected chi connectivity index (χ3v) is 4.24. The monoisotopic (exact) mass is 461 g/mol. The number of nitro benzene ring substituents is 1. The highest BCUT2D eigenvalue weighted by molar-refractivity contribution is 9.10. The molecule has 9 nitrogen and oxygen atoms in total. The Kier molecular flexibility index (Phi) is 7.21. The van der Waals surface area contributed by atoms with Crippen LogP contribution in [-0.4, -0.2) is 33.9 Å². The summed E-state index contributed by atoms with van der Waals surface area (Å²) in [7, 11) is 0. The number of non-ortho nitro benzene ring substituents is 1. The number of carboxylic acid groups (broad SMARTS) is 1. The minimum atomic E-state index is -1.26. The molecule has 1 atom stereocenters. The van der Waals surface area contributed by atoms with Gasteiger partial charge in [0.1, 0.15) is 11.7 Å². The van der Waals surface area contributed by atoms with Gasteiger partial charge in [-0.25, -0.2) is 0 Å². The Morgan fingerprint density at radius 1 is 1.17 bits per heavy atom. The van der Waals surface area contributed by atoms with Crippen LogP contribution in [0.2, 0.25) is 0 Å². The van der Waals surface area contributed by atoms with Crippen molar-refractivity contribution in [2.24, 2.45) is 0 Å². The van der Waals surface area contributed by atoms with Crippen molar-refractivity contribution in [3.63, 3.8) is 0 Å². The number of carboxylic acids is 1. The fourth-order valence-electron chi connectivity index (χ4n) is 2.19. The molecule has 0 aliphatic carbocycles. The molecule has 150 valence electrons. The highest BCUT2D eigenvalue weighted by Gasteiger charge is 2.20. The molecule has 2 amide bonds. The third kappa shape index (κ3) is 6.25. The average Bonchev–Trinajstić information content (AvgIpc) is 2.67. The molecule has 2 aromatic rings. The lowest BCUT2D eigenvalue weighted by Gasteiger charge is -2.13. The van der Waals surface area contributed by atoms with Crippen molar-refractivity contribution in [2.75, 3.05) is 0 Å². The van der Waals surface area contributed by atoms with Gasteiger partial charge in [0.05, 0.1) is 4.92 Å². The first kappa shape index (κ1) is 21.8. The van der Waals surface area contributed by atoms with Crippen molar-refractivity contribution >= 4 is 45.5 Å². The van der Waals surface area contributed by atoms with E-state index in [1.165, 1.54) is 49.4 Å². The summed E-state index contributed by atoms with van der Waals surface area (Å²) in [6.07, 6.45) is 1.23. The number of carbonyl (C=O) groups excluding carboxylic acids is 2. The van der Waals surface area contributed by atoms with E-state index in [0.29, 0.717) is 0 Å². The van der Waals surface area contributed by atoms with E-state index < -0.39 is 28.7 Å². The molecule has 10 heteroatoms. The maximum Gasteiger partial charge on any atom is 0.325 e. The lowest BCUT2D eigenvalue weighted by atomic mass is 10.1. The molecular formula is C19H16BrN3O6. The van der Waals surface area contributed by atoms with Gasteiger partial charge < -0.3 is 15.7 Å². The number of nitrogens with one attached hydrogen (secondary N) is 2. The summed E-state index contributed by atoms with van der Waals surface area (Å²) in [5, 5.41) is 24.6. The van der Waals surface area contributed by atoms with Gasteiger partial charge in [-0.2, -0.15) is 0 Å². The highest BCUT2D eigenvalue weighted by Crippen LogP contribution is 2.16. The molecule has 2 aromatic carbocycles. The van der Waals surface area contributed by atoms with Crippen LogP contribution in [0.25, 0.3) is 6.08 Å². The molecule has 29 heavy (non-hydrogen) atoms. The SMILES string of the molecule is C[C@@H](NC(=O)/C(=C/c1cccc([N+](=O)[O-])c1)NC(=O)c1ccc(Br)cc1)C(=O)O. The Morgan fingerprint density at radius 2 is 1.83 bits per heavy atom. The number of amides is 2. The molecule has 0 saturated heterocycles. The topological polar surface area (TPSA) is 139 Å². The maximum absolute atomic E-state index is 12.5. The quantitative estimate of drug-likeness (QED) is 0.329. The summed E-state index contributed by atoms with van der Waals surface area (Å²) in [6.45, 7) is 1.27. The Labute approximate surface area is 173 Å². The zero-order chi connectivity index (χ0) is 21.6. The normalized spacial score (nSPS) is 12.0. The summed E-state index contributed by atoms with van der Waals surface area (Å²) in [4.78, 5) is 46.4. The van der Waals surface area contributed by atoms with Crippen LogP contribution < -0.4 is 10.6 Å². The van der Waals surface area contributed by atoms with Gasteiger partial charge in [-0.05, 0) is 42.8 Å². The van der Waals surface area contributed by atoms with Gasteiger partial charge in [-0.3, -0.25) is 24.5 Å². The van der Waals surface area contributed by atoms with E-state index in [1.807, 2.05) is 0 Å². The average molecular weight is 462 g/mol. The summed E-state index contributed by atoms with van der Waals surface area (Å²) >= 11 is 3.25. The van der Waals surface area contributed by atoms with Crippen molar-refractivity contribution in [3.8, 4) is 0 Å². The molecule has 0 aromatic heterocycles. The van der Waals surface area contributed by atoms with Crippen LogP contribution in [0.1, 0.15) is 22.8 Å². The molecular weight excluding hydrogens is 446 g/mol. The number of halogens is 1. The lowest BCUT2D eigenvalue weighted by molar-refractivity contribution is -0.384. The Morgan fingerprint density at radius 3 is 2.41 bits per heavy atom. The summed E-state index contributed by atoms with van der Waals surface area (Å²) in [6, 6.07) is 10.6. The molecule has 0 heterocycles. The van der Waals surface area contributed by atoms with E-state index >= 15 is 0 Å². The lowest BCUT2D eigenvalue weighted by Crippen LogP contribution is -2.42. The maximum atomic E-state index is 12.5. The van der Waals surface area contributed by atoms with Crippen molar-refractivity contribution < 1.29 is 24.4 Å². The Hall–Kier alpha value is -3.53. The van der Waals surface area contributed by atoms with Gasteiger partial charge in [0.25, 0.3) is 17.5 Å². The van der Waals surface area contributed by atoms with Gasteiger partial charge in [0.2, 0.25) is 0 Å². The molecule has 0 unspecified atom stereocenters. The number of benzene rings is 2. The number of nitro groups is 1. The number of nitrogens with zero attached hydrogens (tertiary/aromatic N) is 1. The van der Waals surface area contributed by atoms with E-state index in [0.717, 1.165) is 4.47 Å². The van der Waals surface area contributed by atoms with Gasteiger partial charge in [0, 0.05) is 22.2 Å². The molecule has 0 radical (unpaired) electrons. The van der Waals surface area contributed by atoms with Gasteiger partial charge in [-0.1, -0.05) is 28.1 Å². The molecule has 0 aliphatic heterocycles. The fourth-order valence-corrected chi connectivity index (χ4v) is 2.45. The number of aliphatic carboxylic acids is 1. The van der Waals surface area contributed by atoms with Gasteiger partial charge in [-0.15, -0.1) is 0 Å². The Balaban J connectivity index is 2.36. The van der Waals surface area contributed by atoms with Crippen molar-refractivity contribution in [3.05, 3.63) is 79.9 Å². The molecule has 0 fully saturated rings. The van der Waals surface area contributed by atoms with E-state index in [9.17, 15) is 24.5 Å². The molecule has 0 saturated carbocycles. The van der Waals surface area contributed by atoms with E-state index in [2.05, 4.69) is 26.6 Å². The van der Waals surface area contributed by atoms with E-state index in [-0.39, 0.29) is 22.5 Å². The number of hydrogen-bond donors (Lipinski definition) is 3. The van der Waals surface area contributed by atoms with Crippen molar-refractivity contribution in [1.82, 2.24) is 10.6 Å². The molecule has 3 N–H and O–H groups in total. The highest BCUT2D eigenvalue weighted by atomic mass is 79.9. The molecule has 0 aliphatic rings. The number of hydrogen-bond acceptors (Lipinski definition) is 5. The minimum Gasteiger partial charge on any atom is -0.480 e. The zero-order valence-corrected chi connectivity index (χ0v) is 16.7.